The third-order valence-electron chi connectivity index (χ3n) is 6.78. The van der Waals surface area contributed by atoms with E-state index in [-0.39, 0.29) is 42.8 Å². The van der Waals surface area contributed by atoms with Gasteiger partial charge in [0.1, 0.15) is 18.0 Å². The summed E-state index contributed by atoms with van der Waals surface area (Å²) >= 11 is 0. The van der Waals surface area contributed by atoms with Gasteiger partial charge in [-0.2, -0.15) is 0 Å². The third-order valence-corrected chi connectivity index (χ3v) is 6.78. The van der Waals surface area contributed by atoms with Crippen molar-refractivity contribution < 1.29 is 18.8 Å². The van der Waals surface area contributed by atoms with Gasteiger partial charge in [-0.05, 0) is 37.0 Å². The minimum absolute atomic E-state index is 0.0135. The lowest BCUT2D eigenvalue weighted by Gasteiger charge is -2.55. The van der Waals surface area contributed by atoms with Crippen molar-refractivity contribution in [1.82, 2.24) is 25.1 Å². The number of halogens is 1. The smallest absolute Gasteiger partial charge is 0.334 e. The molecular weight excluding hydrogens is 413 g/mol. The van der Waals surface area contributed by atoms with Crippen LogP contribution < -0.4 is 5.32 Å². The number of carbonyl (C=O) groups is 3. The predicted molar refractivity (Wildman–Crippen MR) is 116 cm³/mol. The van der Waals surface area contributed by atoms with Gasteiger partial charge < -0.3 is 15.1 Å². The molecule has 1 aromatic rings. The molecule has 0 bridgehead atoms. The quantitative estimate of drug-likeness (QED) is 0.755. The molecule has 1 N–H and O–H groups in total. The number of nitrogens with one attached hydrogen (secondary N) is 1. The summed E-state index contributed by atoms with van der Waals surface area (Å²) in [6.45, 7) is 2.61. The molecule has 3 aliphatic rings. The highest BCUT2D eigenvalue weighted by Gasteiger charge is 2.51. The maximum atomic E-state index is 13.4. The van der Waals surface area contributed by atoms with Crippen molar-refractivity contribution in [2.45, 2.75) is 70.2 Å². The van der Waals surface area contributed by atoms with E-state index in [1.165, 1.54) is 12.1 Å². The van der Waals surface area contributed by atoms with Crippen LogP contribution in [-0.2, 0) is 16.1 Å². The number of carbonyl (C=O) groups excluding carboxylic acids is 3. The Hall–Kier alpha value is -2.68. The van der Waals surface area contributed by atoms with Crippen LogP contribution in [0.1, 0.15) is 51.0 Å². The monoisotopic (exact) mass is 445 g/mol. The number of fused-ring (bicyclic) bond motifs is 1. The summed E-state index contributed by atoms with van der Waals surface area (Å²) in [4.78, 5) is 43.2. The Kier molecular flexibility index (Phi) is 6.64. The van der Waals surface area contributed by atoms with E-state index in [4.69, 9.17) is 0 Å². The van der Waals surface area contributed by atoms with Gasteiger partial charge in [0.15, 0.2) is 0 Å². The van der Waals surface area contributed by atoms with E-state index < -0.39 is 12.2 Å². The Morgan fingerprint density at radius 3 is 2.50 bits per heavy atom. The molecule has 8 nitrogen and oxygen atoms in total. The van der Waals surface area contributed by atoms with Crippen molar-refractivity contribution in [1.29, 1.82) is 0 Å². The lowest BCUT2D eigenvalue weighted by molar-refractivity contribution is -0.189. The molecule has 3 fully saturated rings. The summed E-state index contributed by atoms with van der Waals surface area (Å²) in [5.74, 6) is -0.441. The van der Waals surface area contributed by atoms with Gasteiger partial charge in [0, 0.05) is 19.6 Å². The molecule has 0 radical (unpaired) electrons. The average molecular weight is 446 g/mol. The Labute approximate surface area is 188 Å². The van der Waals surface area contributed by atoms with Gasteiger partial charge in [0.25, 0.3) is 0 Å². The number of benzene rings is 1. The zero-order chi connectivity index (χ0) is 22.8. The summed E-state index contributed by atoms with van der Waals surface area (Å²) in [7, 11) is 1.72. The summed E-state index contributed by atoms with van der Waals surface area (Å²) in [5, 5.41) is 6.10. The highest BCUT2D eigenvalue weighted by atomic mass is 19.1. The number of hydrazine groups is 1. The number of urea groups is 1. The third kappa shape index (κ3) is 4.30. The molecule has 2 aliphatic heterocycles. The van der Waals surface area contributed by atoms with E-state index >= 15 is 0 Å². The summed E-state index contributed by atoms with van der Waals surface area (Å²) in [5.41, 5.74) is 0.780. The molecule has 1 aromatic carbocycles. The van der Waals surface area contributed by atoms with Crippen LogP contribution in [0.5, 0.6) is 0 Å². The summed E-state index contributed by atoms with van der Waals surface area (Å²) in [6, 6.07) is 5.28. The van der Waals surface area contributed by atoms with Crippen molar-refractivity contribution >= 4 is 17.8 Å². The Morgan fingerprint density at radius 2 is 1.84 bits per heavy atom. The second-order valence-electron chi connectivity index (χ2n) is 8.96. The summed E-state index contributed by atoms with van der Waals surface area (Å²) < 4.78 is 13.2. The van der Waals surface area contributed by atoms with Crippen LogP contribution in [0.25, 0.3) is 0 Å². The topological polar surface area (TPSA) is 76.2 Å². The highest BCUT2D eigenvalue weighted by molar-refractivity contribution is 5.91. The Bertz CT molecular complexity index is 858. The molecule has 2 saturated heterocycles. The van der Waals surface area contributed by atoms with Crippen molar-refractivity contribution in [3.63, 3.8) is 0 Å². The van der Waals surface area contributed by atoms with E-state index in [2.05, 4.69) is 5.32 Å². The standard InChI is InChI=1S/C23H32FN5O3/c1-3-6-19-22(31)27(18-7-4-5-8-18)14-20-28(19)21(30)15-26(2)29(20)23(32)25-13-16-9-11-17(24)12-10-16/h9-12,18-20H,3-8,13-15H2,1-2H3,(H,25,32)/t19-,20-/m0/s1. The zero-order valence-electron chi connectivity index (χ0n) is 18.8. The number of hydrogen-bond donors (Lipinski definition) is 1. The van der Waals surface area contributed by atoms with Crippen molar-refractivity contribution in [3.8, 4) is 0 Å². The molecule has 0 unspecified atom stereocenters. The lowest BCUT2D eigenvalue weighted by atomic mass is 10.00. The van der Waals surface area contributed by atoms with Gasteiger partial charge in [0.2, 0.25) is 11.8 Å². The van der Waals surface area contributed by atoms with Crippen LogP contribution in [0.3, 0.4) is 0 Å². The van der Waals surface area contributed by atoms with Crippen LogP contribution in [0.4, 0.5) is 9.18 Å². The fourth-order valence-corrected chi connectivity index (χ4v) is 5.22. The van der Waals surface area contributed by atoms with Crippen LogP contribution in [0.2, 0.25) is 0 Å². The number of hydrogen-bond acceptors (Lipinski definition) is 4. The largest absolute Gasteiger partial charge is 0.334 e. The van der Waals surface area contributed by atoms with Gasteiger partial charge >= 0.3 is 6.03 Å². The lowest BCUT2D eigenvalue weighted by Crippen LogP contribution is -2.76. The minimum Gasteiger partial charge on any atom is -0.334 e. The first-order chi connectivity index (χ1) is 15.4. The highest BCUT2D eigenvalue weighted by Crippen LogP contribution is 2.32. The van der Waals surface area contributed by atoms with Gasteiger partial charge in [-0.3, -0.25) is 9.59 Å². The maximum Gasteiger partial charge on any atom is 0.334 e. The van der Waals surface area contributed by atoms with E-state index in [0.29, 0.717) is 13.0 Å². The van der Waals surface area contributed by atoms with Gasteiger partial charge in [-0.15, -0.1) is 0 Å². The fourth-order valence-electron chi connectivity index (χ4n) is 5.22. The van der Waals surface area contributed by atoms with Crippen LogP contribution in [-0.4, -0.2) is 76.0 Å². The molecule has 2 heterocycles. The predicted octanol–water partition coefficient (Wildman–Crippen LogP) is 2.31. The van der Waals surface area contributed by atoms with Crippen LogP contribution >= 0.6 is 0 Å². The Balaban J connectivity index is 1.57. The molecule has 0 aromatic heterocycles. The van der Waals surface area contributed by atoms with E-state index in [1.54, 1.807) is 34.1 Å². The molecule has 4 amide bonds. The first kappa shape index (κ1) is 22.5. The molecular formula is C23H32FN5O3. The minimum atomic E-state index is -0.538. The van der Waals surface area contributed by atoms with E-state index in [1.807, 2.05) is 11.8 Å². The first-order valence-corrected chi connectivity index (χ1v) is 11.5. The number of piperazine rings is 1. The van der Waals surface area contributed by atoms with Crippen molar-refractivity contribution in [2.24, 2.45) is 0 Å². The zero-order valence-corrected chi connectivity index (χ0v) is 18.8. The van der Waals surface area contributed by atoms with Crippen molar-refractivity contribution in [2.75, 3.05) is 20.1 Å². The first-order valence-electron chi connectivity index (χ1n) is 11.5. The fraction of sp³-hybridized carbons (Fsp3) is 0.609. The normalized spacial score (nSPS) is 24.8. The van der Waals surface area contributed by atoms with Crippen LogP contribution in [0.15, 0.2) is 24.3 Å². The maximum absolute atomic E-state index is 13.4. The molecule has 4 rings (SSSR count). The molecule has 174 valence electrons. The average Bonchev–Trinajstić information content (AvgIpc) is 3.29. The Morgan fingerprint density at radius 1 is 1.16 bits per heavy atom. The SMILES string of the molecule is CCC[C@H]1C(=O)N(C2CCCC2)C[C@H]2N1C(=O)CN(C)N2C(=O)NCc1ccc(F)cc1. The number of nitrogens with zero attached hydrogens (tertiary/aromatic N) is 4. The molecule has 0 spiro atoms. The van der Waals surface area contributed by atoms with Crippen LogP contribution in [0, 0.1) is 5.82 Å². The van der Waals surface area contributed by atoms with Gasteiger partial charge in [0.05, 0.1) is 13.1 Å². The molecule has 1 saturated carbocycles. The van der Waals surface area contributed by atoms with Crippen molar-refractivity contribution in [3.05, 3.63) is 35.6 Å². The number of likely N-dealkylation sites (N-methyl/N-ethyl adjacent to an activating group) is 1. The van der Waals surface area contributed by atoms with Gasteiger partial charge in [-0.1, -0.05) is 38.3 Å². The molecule has 32 heavy (non-hydrogen) atoms. The number of amides is 4. The molecule has 2 atom stereocenters. The molecule has 1 aliphatic carbocycles. The second kappa shape index (κ2) is 9.44. The number of rotatable bonds is 5. The summed E-state index contributed by atoms with van der Waals surface area (Å²) in [6.07, 6.45) is 4.96. The van der Waals surface area contributed by atoms with E-state index in [0.717, 1.165) is 37.7 Å². The molecule has 9 heteroatoms. The second-order valence-corrected chi connectivity index (χ2v) is 8.96. The van der Waals surface area contributed by atoms with Gasteiger partial charge in [-0.25, -0.2) is 19.2 Å². The van der Waals surface area contributed by atoms with E-state index in [9.17, 15) is 18.8 Å².